The van der Waals surface area contributed by atoms with Crippen LogP contribution in [0.5, 0.6) is 11.5 Å². The van der Waals surface area contributed by atoms with Crippen molar-refractivity contribution in [2.75, 3.05) is 36.3 Å². The molecular formula is C40H36N6O12S2. The van der Waals surface area contributed by atoms with Crippen molar-refractivity contribution in [3.05, 3.63) is 165 Å². The van der Waals surface area contributed by atoms with Gasteiger partial charge in [-0.25, -0.2) is 8.42 Å². The number of nitro groups is 2. The summed E-state index contributed by atoms with van der Waals surface area (Å²) in [5.74, 6) is -0.180. The van der Waals surface area contributed by atoms with Gasteiger partial charge in [0.15, 0.2) is 0 Å². The van der Waals surface area contributed by atoms with Crippen molar-refractivity contribution < 1.29 is 47.8 Å². The highest BCUT2D eigenvalue weighted by molar-refractivity contribution is 7.99. The van der Waals surface area contributed by atoms with E-state index in [1.54, 1.807) is 78.9 Å². The molecule has 0 unspecified atom stereocenters. The Labute approximate surface area is 346 Å². The molecule has 6 aromatic carbocycles. The Morgan fingerprint density at radius 3 is 1.53 bits per heavy atom. The second-order valence-corrected chi connectivity index (χ2v) is 14.9. The molecule has 0 fully saturated rings. The summed E-state index contributed by atoms with van der Waals surface area (Å²) in [5.41, 5.74) is 13.0. The summed E-state index contributed by atoms with van der Waals surface area (Å²) < 4.78 is 36.7. The number of nitrogen functional groups attached to an aromatic ring is 2. The van der Waals surface area contributed by atoms with Crippen molar-refractivity contribution in [1.82, 2.24) is 0 Å². The molecule has 20 heteroatoms. The molecule has 0 aromatic heterocycles. The predicted molar refractivity (Wildman–Crippen MR) is 225 cm³/mol. The molecule has 0 atom stereocenters. The number of nitro benzene ring substituents is 2. The molecule has 8 N–H and O–H groups in total. The number of hydrogen-bond acceptors (Lipinski definition) is 15. The van der Waals surface area contributed by atoms with Crippen LogP contribution in [-0.4, -0.2) is 54.8 Å². The minimum absolute atomic E-state index is 0.00562. The van der Waals surface area contributed by atoms with E-state index >= 15 is 0 Å². The Balaban J connectivity index is 0.000000255. The van der Waals surface area contributed by atoms with Gasteiger partial charge in [0.2, 0.25) is 9.84 Å². The van der Waals surface area contributed by atoms with Crippen molar-refractivity contribution in [2.45, 2.75) is 19.6 Å². The standard InChI is InChI=1S/C20H17N3O6S.C20H17N3O4S.H2O2/c1-29-17-7-3-2-6-16(17)22-20(24)19-15(21)5-4-8-18(19)30(27,28)14-11-9-13(10-12-14)23(25)26;1-27-17-7-3-2-6-16(17)22-20(24)19-15(21)5-4-8-18(19)28-14-11-9-13(10-12-14)23(25)26;1-2/h2-12H,21H2,1H3,(H,22,24);2-12H,21H2,1H3,(H,22,24);1-2H. The maximum Gasteiger partial charge on any atom is 0.269 e. The van der Waals surface area contributed by atoms with Crippen molar-refractivity contribution in [3.8, 4) is 11.5 Å². The van der Waals surface area contributed by atoms with Gasteiger partial charge in [0.1, 0.15) is 11.5 Å². The molecule has 2 amide bonds. The van der Waals surface area contributed by atoms with Crippen LogP contribution in [0.15, 0.2) is 153 Å². The molecule has 6 rings (SSSR count). The summed E-state index contributed by atoms with van der Waals surface area (Å²) in [5, 5.41) is 39.1. The highest BCUT2D eigenvalue weighted by atomic mass is 32.2. The van der Waals surface area contributed by atoms with Crippen molar-refractivity contribution in [1.29, 1.82) is 0 Å². The summed E-state index contributed by atoms with van der Waals surface area (Å²) >= 11 is 1.30. The van der Waals surface area contributed by atoms with E-state index in [0.717, 1.165) is 29.2 Å². The van der Waals surface area contributed by atoms with Crippen LogP contribution in [0.25, 0.3) is 0 Å². The molecule has 0 aliphatic carbocycles. The first-order chi connectivity index (χ1) is 28.7. The summed E-state index contributed by atoms with van der Waals surface area (Å²) in [6, 6.07) is 33.4. The maximum atomic E-state index is 13.1. The fraction of sp³-hybridized carbons (Fsp3) is 0.0500. The Bertz CT molecular complexity index is 2610. The normalized spacial score (nSPS) is 10.4. The van der Waals surface area contributed by atoms with Crippen LogP contribution in [-0.2, 0) is 9.84 Å². The Morgan fingerprint density at radius 2 is 1.05 bits per heavy atom. The van der Waals surface area contributed by atoms with E-state index in [1.807, 2.05) is 0 Å². The third-order valence-corrected chi connectivity index (χ3v) is 11.1. The summed E-state index contributed by atoms with van der Waals surface area (Å²) in [6.45, 7) is 0. The lowest BCUT2D eigenvalue weighted by atomic mass is 10.1. The number of nitrogens with one attached hydrogen (secondary N) is 2. The molecule has 18 nitrogen and oxygen atoms in total. The number of para-hydroxylation sites is 4. The van der Waals surface area contributed by atoms with Crippen LogP contribution in [0.2, 0.25) is 0 Å². The van der Waals surface area contributed by atoms with E-state index in [2.05, 4.69) is 10.6 Å². The van der Waals surface area contributed by atoms with Crippen molar-refractivity contribution >= 4 is 67.5 Å². The van der Waals surface area contributed by atoms with E-state index in [9.17, 15) is 38.2 Å². The topological polar surface area (TPSA) is 290 Å². The average molecular weight is 857 g/mol. The average Bonchev–Trinajstić information content (AvgIpc) is 3.25. The summed E-state index contributed by atoms with van der Waals surface area (Å²) in [7, 11) is -1.22. The van der Waals surface area contributed by atoms with Crippen LogP contribution >= 0.6 is 11.8 Å². The van der Waals surface area contributed by atoms with Gasteiger partial charge < -0.3 is 31.6 Å². The smallest absolute Gasteiger partial charge is 0.269 e. The highest BCUT2D eigenvalue weighted by Gasteiger charge is 2.27. The van der Waals surface area contributed by atoms with Gasteiger partial charge in [-0.2, -0.15) is 0 Å². The second kappa shape index (κ2) is 20.8. The Kier molecular flexibility index (Phi) is 15.6. The number of non-ortho nitro benzene ring substituents is 2. The molecule has 0 heterocycles. The molecule has 0 radical (unpaired) electrons. The quantitative estimate of drug-likeness (QED) is 0.0295. The fourth-order valence-electron chi connectivity index (χ4n) is 5.39. The zero-order valence-corrected chi connectivity index (χ0v) is 33.2. The number of nitrogens with two attached hydrogens (primary N) is 2. The molecule has 0 spiro atoms. The number of carbonyl (C=O) groups is 2. The summed E-state index contributed by atoms with van der Waals surface area (Å²) in [4.78, 5) is 47.3. The zero-order chi connectivity index (χ0) is 44.0. The fourth-order valence-corrected chi connectivity index (χ4v) is 7.86. The van der Waals surface area contributed by atoms with E-state index in [-0.39, 0.29) is 38.3 Å². The molecule has 60 heavy (non-hydrogen) atoms. The van der Waals surface area contributed by atoms with E-state index in [4.69, 9.17) is 31.5 Å². The van der Waals surface area contributed by atoms with Crippen LogP contribution in [0.1, 0.15) is 20.7 Å². The predicted octanol–water partition coefficient (Wildman–Crippen LogP) is 7.88. The Hall–Kier alpha value is -7.52. The molecule has 0 saturated carbocycles. The third-order valence-electron chi connectivity index (χ3n) is 8.20. The van der Waals surface area contributed by atoms with Gasteiger partial charge in [0, 0.05) is 45.4 Å². The van der Waals surface area contributed by atoms with Crippen LogP contribution in [0, 0.1) is 20.2 Å². The third kappa shape index (κ3) is 10.9. The number of rotatable bonds is 12. The number of ether oxygens (including phenoxy) is 2. The first kappa shape index (κ1) is 45.2. The largest absolute Gasteiger partial charge is 0.495 e. The van der Waals surface area contributed by atoms with Gasteiger partial charge in [0.25, 0.3) is 23.2 Å². The van der Waals surface area contributed by atoms with Crippen molar-refractivity contribution in [3.63, 3.8) is 0 Å². The Morgan fingerprint density at radius 1 is 0.617 bits per heavy atom. The van der Waals surface area contributed by atoms with Gasteiger partial charge in [-0.15, -0.1) is 0 Å². The van der Waals surface area contributed by atoms with Gasteiger partial charge in [0.05, 0.1) is 56.4 Å². The number of anilines is 4. The van der Waals surface area contributed by atoms with Gasteiger partial charge >= 0.3 is 0 Å². The van der Waals surface area contributed by atoms with Gasteiger partial charge in [-0.1, -0.05) is 48.2 Å². The summed E-state index contributed by atoms with van der Waals surface area (Å²) in [6.07, 6.45) is 0. The number of amides is 2. The van der Waals surface area contributed by atoms with E-state index in [0.29, 0.717) is 39.0 Å². The minimum atomic E-state index is -4.18. The first-order valence-corrected chi connectivity index (χ1v) is 19.3. The van der Waals surface area contributed by atoms with Gasteiger partial charge in [-0.05, 0) is 72.8 Å². The number of nitrogens with zero attached hydrogens (tertiary/aromatic N) is 2. The van der Waals surface area contributed by atoms with E-state index < -0.39 is 25.6 Å². The number of methoxy groups -OCH3 is 2. The van der Waals surface area contributed by atoms with Crippen molar-refractivity contribution in [2.24, 2.45) is 0 Å². The molecule has 310 valence electrons. The number of carbonyl (C=O) groups excluding carboxylic acids is 2. The molecule has 0 aliphatic rings. The zero-order valence-electron chi connectivity index (χ0n) is 31.5. The number of sulfone groups is 1. The lowest BCUT2D eigenvalue weighted by Crippen LogP contribution is -2.19. The molecule has 0 bridgehead atoms. The minimum Gasteiger partial charge on any atom is -0.495 e. The monoisotopic (exact) mass is 856 g/mol. The highest BCUT2D eigenvalue weighted by Crippen LogP contribution is 2.35. The van der Waals surface area contributed by atoms with Crippen LogP contribution < -0.4 is 31.6 Å². The molecule has 0 aliphatic heterocycles. The van der Waals surface area contributed by atoms with Crippen LogP contribution in [0.3, 0.4) is 0 Å². The lowest BCUT2D eigenvalue weighted by molar-refractivity contribution is -0.385. The lowest BCUT2D eigenvalue weighted by Gasteiger charge is -2.14. The number of hydrogen-bond donors (Lipinski definition) is 6. The molecular weight excluding hydrogens is 821 g/mol. The molecule has 0 saturated heterocycles. The molecule has 6 aromatic rings. The van der Waals surface area contributed by atoms with E-state index in [1.165, 1.54) is 56.3 Å². The van der Waals surface area contributed by atoms with Crippen LogP contribution in [0.4, 0.5) is 34.1 Å². The second-order valence-electron chi connectivity index (χ2n) is 11.9. The van der Waals surface area contributed by atoms with Gasteiger partial charge in [-0.3, -0.25) is 40.3 Å². The first-order valence-electron chi connectivity index (χ1n) is 17.0. The number of benzene rings is 6. The SMILES string of the molecule is COc1ccccc1NC(=O)c1c(N)cccc1S(=O)(=O)c1ccc([N+](=O)[O-])cc1.COc1ccccc1NC(=O)c1c(N)cccc1Sc1ccc([N+](=O)[O-])cc1.OO. The maximum absolute atomic E-state index is 13.1.